The molecule has 0 spiro atoms. The van der Waals surface area contributed by atoms with Crippen LogP contribution < -0.4 is 4.74 Å². The molecule has 0 amide bonds. The number of nitrogens with zero attached hydrogens (tertiary/aromatic N) is 3. The van der Waals surface area contributed by atoms with Crippen LogP contribution in [0.3, 0.4) is 0 Å². The van der Waals surface area contributed by atoms with Gasteiger partial charge in [0.05, 0.1) is 13.2 Å². The number of benzene rings is 1. The summed E-state index contributed by atoms with van der Waals surface area (Å²) in [6.07, 6.45) is 3.13. The molecule has 1 unspecified atom stereocenters. The minimum atomic E-state index is -0.723. The Hall–Kier alpha value is -2.41. The molecule has 0 bridgehead atoms. The highest BCUT2D eigenvalue weighted by atomic mass is 16.5. The van der Waals surface area contributed by atoms with E-state index in [1.54, 1.807) is 0 Å². The molecule has 7 heteroatoms. The first kappa shape index (κ1) is 18.4. The van der Waals surface area contributed by atoms with Crippen molar-refractivity contribution < 1.29 is 19.2 Å². The van der Waals surface area contributed by atoms with Crippen LogP contribution in [0, 0.1) is 5.92 Å². The Morgan fingerprint density at radius 2 is 2.19 bits per heavy atom. The molecule has 26 heavy (non-hydrogen) atoms. The molecule has 1 atom stereocenters. The normalized spacial score (nSPS) is 18.0. The zero-order valence-corrected chi connectivity index (χ0v) is 15.1. The number of carbonyl (C=O) groups is 1. The molecular weight excluding hydrogens is 334 g/mol. The molecule has 2 heterocycles. The molecule has 1 saturated heterocycles. The summed E-state index contributed by atoms with van der Waals surface area (Å²) in [6, 6.07) is 7.63. The van der Waals surface area contributed by atoms with Crippen LogP contribution in [0.4, 0.5) is 0 Å². The number of carboxylic acid groups (broad SMARTS) is 1. The van der Waals surface area contributed by atoms with Crippen LogP contribution in [0.5, 0.6) is 5.75 Å². The van der Waals surface area contributed by atoms with Crippen LogP contribution >= 0.6 is 0 Å². The van der Waals surface area contributed by atoms with Crippen molar-refractivity contribution in [1.82, 2.24) is 15.0 Å². The minimum Gasteiger partial charge on any atom is -0.494 e. The Labute approximate surface area is 153 Å². The lowest BCUT2D eigenvalue weighted by Crippen LogP contribution is -2.35. The topological polar surface area (TPSA) is 88.7 Å². The van der Waals surface area contributed by atoms with E-state index in [0.717, 1.165) is 43.7 Å². The molecule has 1 N–H and O–H groups in total. The van der Waals surface area contributed by atoms with Crippen molar-refractivity contribution in [1.29, 1.82) is 0 Å². The Balaban J connectivity index is 1.56. The van der Waals surface area contributed by atoms with Gasteiger partial charge in [-0.3, -0.25) is 9.69 Å². The Morgan fingerprint density at radius 1 is 1.38 bits per heavy atom. The van der Waals surface area contributed by atoms with E-state index in [-0.39, 0.29) is 6.42 Å². The van der Waals surface area contributed by atoms with Crippen molar-refractivity contribution in [3.63, 3.8) is 0 Å². The van der Waals surface area contributed by atoms with Gasteiger partial charge in [-0.15, -0.1) is 0 Å². The van der Waals surface area contributed by atoms with Gasteiger partial charge in [0.1, 0.15) is 5.75 Å². The van der Waals surface area contributed by atoms with E-state index in [1.165, 1.54) is 0 Å². The Bertz CT molecular complexity index is 714. The van der Waals surface area contributed by atoms with Crippen molar-refractivity contribution in [2.24, 2.45) is 5.92 Å². The maximum atomic E-state index is 10.8. The van der Waals surface area contributed by atoms with Gasteiger partial charge in [-0.25, -0.2) is 0 Å². The molecule has 1 aliphatic heterocycles. The fraction of sp³-hybridized carbons (Fsp3) is 0.526. The zero-order valence-electron chi connectivity index (χ0n) is 15.1. The average molecular weight is 359 g/mol. The minimum absolute atomic E-state index is 0.237. The summed E-state index contributed by atoms with van der Waals surface area (Å²) < 4.78 is 10.8. The van der Waals surface area contributed by atoms with Crippen molar-refractivity contribution >= 4 is 5.97 Å². The highest BCUT2D eigenvalue weighted by Crippen LogP contribution is 2.24. The molecule has 1 aliphatic rings. The summed E-state index contributed by atoms with van der Waals surface area (Å²) in [5.74, 6) is 1.68. The van der Waals surface area contributed by atoms with Crippen molar-refractivity contribution in [3.05, 3.63) is 30.2 Å². The number of likely N-dealkylation sites (tertiary alicyclic amines) is 1. The third-order valence-electron chi connectivity index (χ3n) is 4.62. The van der Waals surface area contributed by atoms with Crippen LogP contribution in [0.25, 0.3) is 11.4 Å². The molecule has 1 aromatic heterocycles. The maximum absolute atomic E-state index is 10.8. The average Bonchev–Trinajstić information content (AvgIpc) is 3.10. The molecule has 140 valence electrons. The van der Waals surface area contributed by atoms with E-state index >= 15 is 0 Å². The van der Waals surface area contributed by atoms with E-state index in [1.807, 2.05) is 31.2 Å². The fourth-order valence-corrected chi connectivity index (χ4v) is 3.35. The van der Waals surface area contributed by atoms with E-state index in [9.17, 15) is 4.79 Å². The number of piperidine rings is 1. The first-order valence-corrected chi connectivity index (χ1v) is 9.14. The van der Waals surface area contributed by atoms with Crippen LogP contribution in [-0.2, 0) is 11.3 Å². The predicted octanol–water partition coefficient (Wildman–Crippen LogP) is 3.21. The summed E-state index contributed by atoms with van der Waals surface area (Å²) in [7, 11) is 0. The van der Waals surface area contributed by atoms with E-state index < -0.39 is 5.97 Å². The molecule has 1 fully saturated rings. The highest BCUT2D eigenvalue weighted by molar-refractivity contribution is 5.66. The predicted molar refractivity (Wildman–Crippen MR) is 95.8 cm³/mol. The first-order chi connectivity index (χ1) is 12.6. The number of aromatic nitrogens is 2. The van der Waals surface area contributed by atoms with Crippen molar-refractivity contribution in [2.75, 3.05) is 19.7 Å². The van der Waals surface area contributed by atoms with Crippen molar-refractivity contribution in [3.8, 4) is 17.1 Å². The molecule has 1 aromatic carbocycles. The lowest BCUT2D eigenvalue weighted by Gasteiger charge is -2.31. The molecular formula is C19H25N3O4. The third-order valence-corrected chi connectivity index (χ3v) is 4.62. The molecule has 0 saturated carbocycles. The number of aliphatic carboxylic acids is 1. The number of ether oxygens (including phenoxy) is 1. The largest absolute Gasteiger partial charge is 0.494 e. The second kappa shape index (κ2) is 8.80. The standard InChI is InChI=1S/C19H25N3O4/c1-2-25-16-8-6-15(7-9-16)19-20-17(26-21-19)13-22-11-3-4-14(12-22)5-10-18(23)24/h6-9,14H,2-5,10-13H2,1H3,(H,23,24). The Morgan fingerprint density at radius 3 is 2.92 bits per heavy atom. The van der Waals surface area contributed by atoms with Crippen LogP contribution in [-0.4, -0.2) is 45.8 Å². The summed E-state index contributed by atoms with van der Waals surface area (Å²) in [4.78, 5) is 17.5. The van der Waals surface area contributed by atoms with E-state index in [0.29, 0.717) is 30.8 Å². The van der Waals surface area contributed by atoms with Gasteiger partial charge in [0.25, 0.3) is 0 Å². The van der Waals surface area contributed by atoms with Crippen molar-refractivity contribution in [2.45, 2.75) is 39.2 Å². The number of hydrogen-bond acceptors (Lipinski definition) is 6. The van der Waals surface area contributed by atoms with Gasteiger partial charge in [0.15, 0.2) is 0 Å². The van der Waals surface area contributed by atoms with Crippen LogP contribution in [0.15, 0.2) is 28.8 Å². The van der Waals surface area contributed by atoms with E-state index in [2.05, 4.69) is 15.0 Å². The second-order valence-corrected chi connectivity index (χ2v) is 6.64. The van der Waals surface area contributed by atoms with E-state index in [4.69, 9.17) is 14.4 Å². The highest BCUT2D eigenvalue weighted by Gasteiger charge is 2.22. The molecule has 2 aromatic rings. The van der Waals surface area contributed by atoms with Gasteiger partial charge >= 0.3 is 5.97 Å². The summed E-state index contributed by atoms with van der Waals surface area (Å²) in [6.45, 7) is 5.05. The summed E-state index contributed by atoms with van der Waals surface area (Å²) >= 11 is 0. The lowest BCUT2D eigenvalue weighted by atomic mass is 9.93. The smallest absolute Gasteiger partial charge is 0.303 e. The summed E-state index contributed by atoms with van der Waals surface area (Å²) in [5, 5.41) is 12.9. The third kappa shape index (κ3) is 5.05. The van der Waals surface area contributed by atoms with Gasteiger partial charge in [0.2, 0.25) is 11.7 Å². The maximum Gasteiger partial charge on any atom is 0.303 e. The SMILES string of the molecule is CCOc1ccc(-c2noc(CN3CCCC(CCC(=O)O)C3)n2)cc1. The number of carboxylic acids is 1. The van der Waals surface area contributed by atoms with Gasteiger partial charge in [-0.1, -0.05) is 5.16 Å². The van der Waals surface area contributed by atoms with Crippen LogP contribution in [0.2, 0.25) is 0 Å². The molecule has 3 rings (SSSR count). The summed E-state index contributed by atoms with van der Waals surface area (Å²) in [5.41, 5.74) is 0.890. The Kier molecular flexibility index (Phi) is 6.22. The first-order valence-electron chi connectivity index (χ1n) is 9.14. The molecule has 7 nitrogen and oxygen atoms in total. The van der Waals surface area contributed by atoms with Gasteiger partial charge in [-0.2, -0.15) is 4.98 Å². The monoisotopic (exact) mass is 359 g/mol. The number of rotatable bonds is 8. The van der Waals surface area contributed by atoms with Gasteiger partial charge < -0.3 is 14.4 Å². The quantitative estimate of drug-likeness (QED) is 0.774. The van der Waals surface area contributed by atoms with Crippen LogP contribution in [0.1, 0.15) is 38.5 Å². The number of hydrogen-bond donors (Lipinski definition) is 1. The molecule has 0 radical (unpaired) electrons. The lowest BCUT2D eigenvalue weighted by molar-refractivity contribution is -0.137. The molecule has 0 aliphatic carbocycles. The second-order valence-electron chi connectivity index (χ2n) is 6.64. The fourth-order valence-electron chi connectivity index (χ4n) is 3.35. The van der Waals surface area contributed by atoms with Gasteiger partial charge in [-0.05, 0) is 62.9 Å². The van der Waals surface area contributed by atoms with Gasteiger partial charge in [0, 0.05) is 18.5 Å². The zero-order chi connectivity index (χ0) is 18.4.